The van der Waals surface area contributed by atoms with Crippen molar-refractivity contribution >= 4 is 23.1 Å². The highest BCUT2D eigenvalue weighted by molar-refractivity contribution is 6.04. The van der Waals surface area contributed by atoms with Crippen LogP contribution in [0.3, 0.4) is 0 Å². The molecule has 2 N–H and O–H groups in total. The standard InChI is InChI=1S/C20H28N4O/c1-4-7-14-21-19-13-8-16(15-22-19)20(25)23-17-9-11-18(12-10-17)24(5-2)6-3/h8-13,15H,4-7,14H2,1-3H3,(H,21,22)(H,23,25). The van der Waals surface area contributed by atoms with Gasteiger partial charge in [-0.2, -0.15) is 0 Å². The van der Waals surface area contributed by atoms with Gasteiger partial charge in [-0.3, -0.25) is 4.79 Å². The lowest BCUT2D eigenvalue weighted by Crippen LogP contribution is -2.21. The molecule has 5 heteroatoms. The Labute approximate surface area is 150 Å². The maximum absolute atomic E-state index is 12.3. The summed E-state index contributed by atoms with van der Waals surface area (Å²) >= 11 is 0. The number of nitrogens with zero attached hydrogens (tertiary/aromatic N) is 2. The first-order valence-corrected chi connectivity index (χ1v) is 9.04. The van der Waals surface area contributed by atoms with Crippen LogP contribution in [0.4, 0.5) is 17.2 Å². The lowest BCUT2D eigenvalue weighted by atomic mass is 10.2. The zero-order valence-electron chi connectivity index (χ0n) is 15.4. The van der Waals surface area contributed by atoms with Gasteiger partial charge in [0.25, 0.3) is 5.91 Å². The molecule has 0 aliphatic heterocycles. The summed E-state index contributed by atoms with van der Waals surface area (Å²) in [6.07, 6.45) is 3.85. The highest BCUT2D eigenvalue weighted by Gasteiger charge is 2.08. The molecular formula is C20H28N4O. The van der Waals surface area contributed by atoms with Gasteiger partial charge in [-0.15, -0.1) is 0 Å². The highest BCUT2D eigenvalue weighted by Crippen LogP contribution is 2.18. The van der Waals surface area contributed by atoms with E-state index in [0.29, 0.717) is 5.56 Å². The summed E-state index contributed by atoms with van der Waals surface area (Å²) in [5.74, 6) is 0.650. The first-order chi connectivity index (χ1) is 12.2. The van der Waals surface area contributed by atoms with Crippen LogP contribution in [0.1, 0.15) is 44.0 Å². The van der Waals surface area contributed by atoms with Crippen molar-refractivity contribution in [2.45, 2.75) is 33.6 Å². The Morgan fingerprint density at radius 2 is 1.76 bits per heavy atom. The summed E-state index contributed by atoms with van der Waals surface area (Å²) in [6.45, 7) is 9.24. The van der Waals surface area contributed by atoms with Crippen molar-refractivity contribution in [1.29, 1.82) is 0 Å². The van der Waals surface area contributed by atoms with E-state index in [1.165, 1.54) is 0 Å². The van der Waals surface area contributed by atoms with E-state index in [4.69, 9.17) is 0 Å². The molecule has 5 nitrogen and oxygen atoms in total. The number of amides is 1. The molecule has 0 saturated carbocycles. The molecule has 1 aromatic heterocycles. The van der Waals surface area contributed by atoms with E-state index in [9.17, 15) is 4.79 Å². The summed E-state index contributed by atoms with van der Waals surface area (Å²) in [7, 11) is 0. The molecule has 0 bridgehead atoms. The van der Waals surface area contributed by atoms with Gasteiger partial charge >= 0.3 is 0 Å². The molecule has 0 unspecified atom stereocenters. The number of rotatable bonds is 9. The van der Waals surface area contributed by atoms with Gasteiger partial charge in [-0.1, -0.05) is 13.3 Å². The molecule has 134 valence electrons. The molecule has 0 spiro atoms. The molecule has 0 fully saturated rings. The molecule has 0 saturated heterocycles. The number of hydrogen-bond donors (Lipinski definition) is 2. The normalized spacial score (nSPS) is 10.4. The summed E-state index contributed by atoms with van der Waals surface area (Å²) < 4.78 is 0. The van der Waals surface area contributed by atoms with E-state index in [1.807, 2.05) is 30.3 Å². The fourth-order valence-corrected chi connectivity index (χ4v) is 2.57. The highest BCUT2D eigenvalue weighted by atomic mass is 16.1. The molecule has 0 aliphatic rings. The number of aromatic nitrogens is 1. The molecule has 1 aromatic carbocycles. The second kappa shape index (κ2) is 9.67. The number of unbranched alkanes of at least 4 members (excludes halogenated alkanes) is 1. The maximum atomic E-state index is 12.3. The third-order valence-corrected chi connectivity index (χ3v) is 4.12. The van der Waals surface area contributed by atoms with Gasteiger partial charge in [0.15, 0.2) is 0 Å². The van der Waals surface area contributed by atoms with Crippen LogP contribution in [-0.4, -0.2) is 30.5 Å². The van der Waals surface area contributed by atoms with Gasteiger partial charge < -0.3 is 15.5 Å². The average molecular weight is 340 g/mol. The largest absolute Gasteiger partial charge is 0.372 e. The van der Waals surface area contributed by atoms with Crippen LogP contribution in [-0.2, 0) is 0 Å². The van der Waals surface area contributed by atoms with E-state index in [1.54, 1.807) is 12.3 Å². The third kappa shape index (κ3) is 5.48. The number of carbonyl (C=O) groups excluding carboxylic acids is 1. The molecule has 1 amide bonds. The van der Waals surface area contributed by atoms with Crippen molar-refractivity contribution in [2.75, 3.05) is 35.2 Å². The van der Waals surface area contributed by atoms with Crippen molar-refractivity contribution in [1.82, 2.24) is 4.98 Å². The second-order valence-corrected chi connectivity index (χ2v) is 5.89. The van der Waals surface area contributed by atoms with Gasteiger partial charge in [0.2, 0.25) is 0 Å². The molecule has 2 rings (SSSR count). The Morgan fingerprint density at radius 3 is 2.32 bits per heavy atom. The van der Waals surface area contributed by atoms with Crippen LogP contribution in [0.2, 0.25) is 0 Å². The number of hydrogen-bond acceptors (Lipinski definition) is 4. The second-order valence-electron chi connectivity index (χ2n) is 5.89. The Kier molecular flexibility index (Phi) is 7.26. The molecular weight excluding hydrogens is 312 g/mol. The van der Waals surface area contributed by atoms with Crippen molar-refractivity contribution in [2.24, 2.45) is 0 Å². The number of carbonyl (C=O) groups is 1. The van der Waals surface area contributed by atoms with Crippen LogP contribution in [0, 0.1) is 0 Å². The number of pyridine rings is 1. The summed E-state index contributed by atoms with van der Waals surface area (Å²) in [5, 5.41) is 6.16. The summed E-state index contributed by atoms with van der Waals surface area (Å²) in [4.78, 5) is 18.9. The van der Waals surface area contributed by atoms with E-state index < -0.39 is 0 Å². The SMILES string of the molecule is CCCCNc1ccc(C(=O)Nc2ccc(N(CC)CC)cc2)cn1. The smallest absolute Gasteiger partial charge is 0.257 e. The van der Waals surface area contributed by atoms with E-state index in [2.05, 4.69) is 41.3 Å². The first kappa shape index (κ1) is 18.8. The fourth-order valence-electron chi connectivity index (χ4n) is 2.57. The van der Waals surface area contributed by atoms with Crippen LogP contribution in [0.25, 0.3) is 0 Å². The van der Waals surface area contributed by atoms with E-state index in [0.717, 1.165) is 49.7 Å². The van der Waals surface area contributed by atoms with Crippen molar-refractivity contribution in [3.63, 3.8) is 0 Å². The van der Waals surface area contributed by atoms with Crippen LogP contribution in [0.15, 0.2) is 42.6 Å². The third-order valence-electron chi connectivity index (χ3n) is 4.12. The Bertz CT molecular complexity index is 648. The van der Waals surface area contributed by atoms with Crippen LogP contribution < -0.4 is 15.5 Å². The number of benzene rings is 1. The molecule has 0 atom stereocenters. The molecule has 2 aromatic rings. The van der Waals surface area contributed by atoms with E-state index in [-0.39, 0.29) is 5.91 Å². The number of nitrogens with one attached hydrogen (secondary N) is 2. The van der Waals surface area contributed by atoms with Gasteiger partial charge in [-0.05, 0) is 56.7 Å². The zero-order valence-corrected chi connectivity index (χ0v) is 15.4. The summed E-state index contributed by atoms with van der Waals surface area (Å²) in [6, 6.07) is 11.6. The van der Waals surface area contributed by atoms with Crippen LogP contribution >= 0.6 is 0 Å². The molecule has 0 radical (unpaired) electrons. The average Bonchev–Trinajstić information content (AvgIpc) is 2.65. The lowest BCUT2D eigenvalue weighted by molar-refractivity contribution is 0.102. The van der Waals surface area contributed by atoms with Gasteiger partial charge in [-0.25, -0.2) is 4.98 Å². The minimum Gasteiger partial charge on any atom is -0.372 e. The minimum absolute atomic E-state index is 0.150. The van der Waals surface area contributed by atoms with Gasteiger partial charge in [0.05, 0.1) is 5.56 Å². The van der Waals surface area contributed by atoms with Crippen molar-refractivity contribution in [3.05, 3.63) is 48.2 Å². The van der Waals surface area contributed by atoms with Crippen molar-refractivity contribution in [3.8, 4) is 0 Å². The topological polar surface area (TPSA) is 57.3 Å². The predicted octanol–water partition coefficient (Wildman–Crippen LogP) is 4.39. The predicted molar refractivity (Wildman–Crippen MR) is 106 cm³/mol. The minimum atomic E-state index is -0.150. The Balaban J connectivity index is 1.95. The Hall–Kier alpha value is -2.56. The van der Waals surface area contributed by atoms with Gasteiger partial charge in [0.1, 0.15) is 5.82 Å². The van der Waals surface area contributed by atoms with Crippen molar-refractivity contribution < 1.29 is 4.79 Å². The Morgan fingerprint density at radius 1 is 1.04 bits per heavy atom. The number of anilines is 3. The monoisotopic (exact) mass is 340 g/mol. The van der Waals surface area contributed by atoms with Crippen LogP contribution in [0.5, 0.6) is 0 Å². The van der Waals surface area contributed by atoms with E-state index >= 15 is 0 Å². The summed E-state index contributed by atoms with van der Waals surface area (Å²) in [5.41, 5.74) is 2.49. The first-order valence-electron chi connectivity index (χ1n) is 9.04. The van der Waals surface area contributed by atoms with Gasteiger partial charge in [0, 0.05) is 37.2 Å². The molecule has 25 heavy (non-hydrogen) atoms. The lowest BCUT2D eigenvalue weighted by Gasteiger charge is -2.21. The molecule has 0 aliphatic carbocycles. The fraction of sp³-hybridized carbons (Fsp3) is 0.400. The molecule has 1 heterocycles. The zero-order chi connectivity index (χ0) is 18.1. The quantitative estimate of drug-likeness (QED) is 0.665. The maximum Gasteiger partial charge on any atom is 0.257 e.